The summed E-state index contributed by atoms with van der Waals surface area (Å²) in [4.78, 5) is 37.9. The van der Waals surface area contributed by atoms with Gasteiger partial charge in [0.15, 0.2) is 0 Å². The van der Waals surface area contributed by atoms with Crippen molar-refractivity contribution in [3.05, 3.63) is 119 Å². The van der Waals surface area contributed by atoms with Crippen LogP contribution in [-0.2, 0) is 72.6 Å². The van der Waals surface area contributed by atoms with Gasteiger partial charge in [-0.25, -0.2) is 0 Å². The number of nitrogens with zero attached hydrogens (tertiary/aromatic N) is 4. The van der Waals surface area contributed by atoms with Gasteiger partial charge in [-0.05, 0) is 73.4 Å². The average molecular weight is 850 g/mol. The third-order valence-corrected chi connectivity index (χ3v) is 11.7. The predicted molar refractivity (Wildman–Crippen MR) is 241 cm³/mol. The number of nitrogens with one attached hydrogen (secondary N) is 3. The number of alkyl halides is 1. The smallest absolute Gasteiger partial charge is 0.258 e. The van der Waals surface area contributed by atoms with E-state index in [4.69, 9.17) is 31.1 Å². The van der Waals surface area contributed by atoms with E-state index in [0.29, 0.717) is 12.3 Å². The lowest BCUT2D eigenvalue weighted by atomic mass is 9.99. The van der Waals surface area contributed by atoms with E-state index < -0.39 is 0 Å². The van der Waals surface area contributed by atoms with Crippen molar-refractivity contribution in [2.75, 3.05) is 56.9 Å². The number of anilines is 3. The van der Waals surface area contributed by atoms with Crippen LogP contribution in [0.4, 0.5) is 17.1 Å². The second-order valence-electron chi connectivity index (χ2n) is 15.3. The first-order chi connectivity index (χ1) is 29.8. The Labute approximate surface area is 358 Å². The Morgan fingerprint density at radius 3 is 1.33 bits per heavy atom. The van der Waals surface area contributed by atoms with Crippen molar-refractivity contribution in [2.45, 2.75) is 77.6 Å². The molecular weight excluding hydrogens is 798 g/mol. The van der Waals surface area contributed by atoms with E-state index in [1.165, 1.54) is 0 Å². The molecule has 3 aromatic heterocycles. The number of hydrogen-bond acceptors (Lipinski definition) is 11. The summed E-state index contributed by atoms with van der Waals surface area (Å²) in [5.41, 5.74) is 10.6. The molecule has 0 amide bonds. The summed E-state index contributed by atoms with van der Waals surface area (Å²) in [6, 6.07) is 19.7. The Morgan fingerprint density at radius 2 is 0.967 bits per heavy atom. The topological polar surface area (TPSA) is 174 Å². The van der Waals surface area contributed by atoms with E-state index in [1.807, 2.05) is 54.6 Å². The molecule has 0 fully saturated rings. The molecule has 6 aromatic rings. The second kappa shape index (κ2) is 19.8. The number of ether oxygens (including phenoxy) is 3. The molecule has 15 heteroatoms. The van der Waals surface area contributed by atoms with Crippen molar-refractivity contribution in [1.29, 1.82) is 5.26 Å². The van der Waals surface area contributed by atoms with E-state index in [-0.39, 0.29) is 43.5 Å². The summed E-state index contributed by atoms with van der Waals surface area (Å²) >= 11 is 5.91. The SMILES string of the molecule is COCn1c(=O)c2c(c3ccc(CC#N)cc31)NCCC2.COCn1c(=O)c2c(c3ccc(CCl)cc31)NCCC2.COCn1c(=O)c2c(c3ccc(CO)cc31)NCCC2. The molecule has 3 aliphatic rings. The fourth-order valence-electron chi connectivity index (χ4n) is 8.55. The summed E-state index contributed by atoms with van der Waals surface area (Å²) in [6.45, 7) is 3.34. The van der Waals surface area contributed by atoms with Gasteiger partial charge in [-0.15, -0.1) is 11.6 Å². The molecule has 0 radical (unpaired) electrons. The molecule has 0 spiro atoms. The zero-order valence-electron chi connectivity index (χ0n) is 34.9. The van der Waals surface area contributed by atoms with Crippen molar-refractivity contribution >= 4 is 61.4 Å². The number of halogens is 1. The maximum absolute atomic E-state index is 12.7. The van der Waals surface area contributed by atoms with Gasteiger partial charge < -0.3 is 35.3 Å². The number of methoxy groups -OCH3 is 3. The molecule has 0 bridgehead atoms. The molecular formula is C46H52ClN7O7. The molecule has 0 atom stereocenters. The van der Waals surface area contributed by atoms with Crippen molar-refractivity contribution in [3.8, 4) is 6.07 Å². The number of aliphatic hydroxyl groups is 1. The largest absolute Gasteiger partial charge is 0.392 e. The molecule has 0 aliphatic carbocycles. The summed E-state index contributed by atoms with van der Waals surface area (Å²) in [7, 11) is 4.75. The van der Waals surface area contributed by atoms with Crippen LogP contribution in [0.1, 0.15) is 52.6 Å². The highest BCUT2D eigenvalue weighted by Crippen LogP contribution is 2.32. The van der Waals surface area contributed by atoms with Gasteiger partial charge in [0.05, 0.1) is 52.7 Å². The van der Waals surface area contributed by atoms with Gasteiger partial charge in [-0.2, -0.15) is 5.26 Å². The van der Waals surface area contributed by atoms with E-state index >= 15 is 0 Å². The van der Waals surface area contributed by atoms with Gasteiger partial charge in [0.1, 0.15) is 20.2 Å². The summed E-state index contributed by atoms with van der Waals surface area (Å²) < 4.78 is 20.5. The van der Waals surface area contributed by atoms with E-state index in [2.05, 4.69) is 22.0 Å². The van der Waals surface area contributed by atoms with Gasteiger partial charge in [0.2, 0.25) is 0 Å². The lowest BCUT2D eigenvalue weighted by molar-refractivity contribution is 0.131. The van der Waals surface area contributed by atoms with Crippen LogP contribution in [0.3, 0.4) is 0 Å². The first-order valence-electron chi connectivity index (χ1n) is 20.6. The Balaban J connectivity index is 0.000000138. The fourth-order valence-corrected chi connectivity index (χ4v) is 8.72. The molecule has 3 aliphatic heterocycles. The first kappa shape index (κ1) is 43.4. The van der Waals surface area contributed by atoms with E-state index in [9.17, 15) is 19.5 Å². The van der Waals surface area contributed by atoms with Crippen LogP contribution in [0.25, 0.3) is 32.7 Å². The maximum atomic E-state index is 12.7. The highest BCUT2D eigenvalue weighted by molar-refractivity contribution is 6.17. The first-order valence-corrected chi connectivity index (χ1v) is 21.1. The predicted octanol–water partition coefficient (Wildman–Crippen LogP) is 6.19. The highest BCUT2D eigenvalue weighted by Gasteiger charge is 2.22. The normalized spacial score (nSPS) is 13.9. The van der Waals surface area contributed by atoms with Crippen LogP contribution in [0, 0.1) is 11.3 Å². The minimum Gasteiger partial charge on any atom is -0.392 e. The molecule has 0 saturated heterocycles. The van der Waals surface area contributed by atoms with Gasteiger partial charge in [-0.3, -0.25) is 28.1 Å². The molecule has 0 unspecified atom stereocenters. The van der Waals surface area contributed by atoms with Gasteiger partial charge >= 0.3 is 0 Å². The van der Waals surface area contributed by atoms with Crippen LogP contribution < -0.4 is 32.6 Å². The summed E-state index contributed by atoms with van der Waals surface area (Å²) in [5, 5.41) is 31.3. The Morgan fingerprint density at radius 1 is 0.607 bits per heavy atom. The zero-order chi connectivity index (χ0) is 43.0. The number of nitriles is 1. The maximum Gasteiger partial charge on any atom is 0.258 e. The zero-order valence-corrected chi connectivity index (χ0v) is 35.6. The monoisotopic (exact) mass is 849 g/mol. The lowest BCUT2D eigenvalue weighted by Gasteiger charge is -2.22. The lowest BCUT2D eigenvalue weighted by Crippen LogP contribution is -2.29. The third kappa shape index (κ3) is 8.75. The number of pyridine rings is 3. The Bertz CT molecular complexity index is 2690. The molecule has 14 nitrogen and oxygen atoms in total. The van der Waals surface area contributed by atoms with Crippen LogP contribution in [-0.4, -0.2) is 59.8 Å². The van der Waals surface area contributed by atoms with Crippen LogP contribution in [0.5, 0.6) is 0 Å². The van der Waals surface area contributed by atoms with Crippen molar-refractivity contribution in [3.63, 3.8) is 0 Å². The van der Waals surface area contributed by atoms with Gasteiger partial charge in [0.25, 0.3) is 16.7 Å². The Hall–Kier alpha value is -5.69. The van der Waals surface area contributed by atoms with E-state index in [1.54, 1.807) is 35.0 Å². The molecule has 9 rings (SSSR count). The Kier molecular flexibility index (Phi) is 14.1. The molecule has 320 valence electrons. The van der Waals surface area contributed by atoms with Crippen molar-refractivity contribution in [2.24, 2.45) is 0 Å². The molecule has 61 heavy (non-hydrogen) atoms. The third-order valence-electron chi connectivity index (χ3n) is 11.4. The van der Waals surface area contributed by atoms with Crippen LogP contribution >= 0.6 is 11.6 Å². The molecule has 6 heterocycles. The second-order valence-corrected chi connectivity index (χ2v) is 15.6. The summed E-state index contributed by atoms with van der Waals surface area (Å²) in [6.07, 6.45) is 5.66. The minimum atomic E-state index is -0.0401. The van der Waals surface area contributed by atoms with Crippen molar-refractivity contribution in [1.82, 2.24) is 13.7 Å². The van der Waals surface area contributed by atoms with Gasteiger partial charge in [-0.1, -0.05) is 36.4 Å². The van der Waals surface area contributed by atoms with E-state index in [0.717, 1.165) is 141 Å². The molecule has 3 aromatic carbocycles. The number of fused-ring (bicyclic) bond motifs is 9. The molecule has 0 saturated carbocycles. The number of rotatable bonds is 9. The van der Waals surface area contributed by atoms with Crippen LogP contribution in [0.15, 0.2) is 69.0 Å². The standard InChI is InChI=1S/C16H17N3O2.C15H17ClN2O2.C15H18N2O3/c1-21-10-19-14-9-11(6-7-17)4-5-12(14)15-13(16(19)20)3-2-8-18-15;1-20-9-18-13-7-10(8-16)4-5-11(13)14-12(15(18)19)3-2-6-17-14;1-20-9-17-13-7-10(8-18)4-5-11(13)14-12(15(17)19)3-2-6-16-14/h4-5,9,18H,2-3,6,8,10H2,1H3;4-5,7,17H,2-3,6,8-9H2,1H3;4-5,7,16,18H,2-3,6,8-9H2,1H3. The van der Waals surface area contributed by atoms with Gasteiger partial charge in [0, 0.05) is 79.7 Å². The average Bonchev–Trinajstić information content (AvgIpc) is 3.30. The van der Waals surface area contributed by atoms with Crippen LogP contribution in [0.2, 0.25) is 0 Å². The highest BCUT2D eigenvalue weighted by atomic mass is 35.5. The number of hydrogen-bond donors (Lipinski definition) is 4. The quantitative estimate of drug-likeness (QED) is 0.122. The minimum absolute atomic E-state index is 0.000609. The molecule has 4 N–H and O–H groups in total. The summed E-state index contributed by atoms with van der Waals surface area (Å²) in [5.74, 6) is 0.432. The number of aromatic nitrogens is 3. The number of aliphatic hydroxyl groups excluding tert-OH is 1. The van der Waals surface area contributed by atoms with Crippen molar-refractivity contribution < 1.29 is 19.3 Å². The fraction of sp³-hybridized carbons (Fsp3) is 0.391. The number of benzene rings is 3.